The summed E-state index contributed by atoms with van der Waals surface area (Å²) in [6.45, 7) is 0. The van der Waals surface area contributed by atoms with Gasteiger partial charge in [-0.3, -0.25) is 0 Å². The Hall–Kier alpha value is 1.16. The topological polar surface area (TPSA) is 47.6 Å². The molecule has 0 aliphatic heterocycles. The molecule has 0 saturated carbocycles. The average Bonchev–Trinajstić information content (AvgIpc) is 1.39. The van der Waals surface area contributed by atoms with Crippen LogP contribution in [0.15, 0.2) is 0 Å². The van der Waals surface area contributed by atoms with Crippen molar-refractivity contribution in [3.63, 3.8) is 0 Å². The summed E-state index contributed by atoms with van der Waals surface area (Å²) in [7, 11) is 0. The van der Waals surface area contributed by atoms with Gasteiger partial charge >= 0.3 is 51.9 Å². The minimum absolute atomic E-state index is 0. The van der Waals surface area contributed by atoms with E-state index in [-0.39, 0.29) is 51.9 Å². The normalized spacial score (nSPS) is 1.75. The molecule has 42 valence electrons. The molecule has 0 unspecified atom stereocenters. The molecule has 0 spiro atoms. The van der Waals surface area contributed by atoms with Gasteiger partial charge in [0.05, 0.1) is 0 Å². The molecule has 0 aromatic rings. The number of nitriles is 2. The van der Waals surface area contributed by atoms with E-state index >= 15 is 0 Å². The van der Waals surface area contributed by atoms with Crippen molar-refractivity contribution in [2.24, 2.45) is 0 Å². The van der Waals surface area contributed by atoms with Crippen molar-refractivity contribution < 1.29 is 51.9 Å². The Morgan fingerprint density at radius 1 is 1.00 bits per heavy atom. The number of hydrogen-bond donors (Lipinski definition) is 0. The van der Waals surface area contributed by atoms with Gasteiger partial charge in [0.25, 0.3) is 0 Å². The molecule has 0 aromatic carbocycles. The number of rotatable bonds is 0. The maximum absolute atomic E-state index is 7.13. The van der Waals surface area contributed by atoms with Gasteiger partial charge in [0, 0.05) is 0 Å². The van der Waals surface area contributed by atoms with Gasteiger partial charge in [-0.1, -0.05) is 10.8 Å². The van der Waals surface area contributed by atoms with Crippen LogP contribution in [0.1, 0.15) is 0 Å². The van der Waals surface area contributed by atoms with Crippen LogP contribution in [0.25, 0.3) is 0 Å². The van der Waals surface area contributed by atoms with Crippen molar-refractivity contribution in [2.75, 3.05) is 0 Å². The smallest absolute Gasteiger partial charge is 0.696 e. The Bertz CT molecular complexity index is 73.0. The minimum atomic E-state index is 0. The Morgan fingerprint density at radius 3 is 1.00 bits per heavy atom. The second-order valence-electron chi connectivity index (χ2n) is 0.183. The molecule has 0 bridgehead atoms. The van der Waals surface area contributed by atoms with Crippen molar-refractivity contribution in [2.45, 2.75) is 0 Å². The number of nitrogens with zero attached hydrogens (tertiary/aromatic N) is 2. The summed E-state index contributed by atoms with van der Waals surface area (Å²) in [5, 5.41) is 16.9. The van der Waals surface area contributed by atoms with E-state index in [1.807, 2.05) is 0 Å². The third kappa shape index (κ3) is 202. The van der Waals surface area contributed by atoms with E-state index in [9.17, 15) is 0 Å². The zero-order valence-electron chi connectivity index (χ0n) is 4.01. The van der Waals surface area contributed by atoms with Gasteiger partial charge in [0.15, 0.2) is 0 Å². The molecule has 6 heteroatoms. The van der Waals surface area contributed by atoms with Crippen LogP contribution in [-0.4, -0.2) is 0 Å². The predicted octanol–water partition coefficient (Wildman–Crippen LogP) is -2.97. The van der Waals surface area contributed by atoms with Crippen molar-refractivity contribution in [3.8, 4) is 10.8 Å². The fourth-order valence-electron chi connectivity index (χ4n) is 0. The Morgan fingerprint density at radius 2 is 1.00 bits per heavy atom. The maximum atomic E-state index is 7.13. The average molecular weight is 336 g/mol. The quantitative estimate of drug-likeness (QED) is 0.269. The first kappa shape index (κ1) is 22.9. The summed E-state index contributed by atoms with van der Waals surface area (Å²) in [5.74, 6) is 0. The van der Waals surface area contributed by atoms with E-state index in [0.29, 0.717) is 0 Å². The standard InChI is InChI=1S/2CHNS.Au.Na/c2*2-1-3;;/h2*3H;;/q;;2*+1/p-2. The van der Waals surface area contributed by atoms with E-state index in [4.69, 9.17) is 10.5 Å². The zero-order valence-corrected chi connectivity index (χ0v) is 9.81. The third-order valence-corrected chi connectivity index (χ3v) is 0. The first-order chi connectivity index (χ1) is 2.83. The van der Waals surface area contributed by atoms with Crippen molar-refractivity contribution in [3.05, 3.63) is 0 Å². The summed E-state index contributed by atoms with van der Waals surface area (Å²) in [6, 6.07) is 0. The van der Waals surface area contributed by atoms with E-state index in [1.165, 1.54) is 10.8 Å². The Labute approximate surface area is 97.3 Å². The molecule has 0 amide bonds. The van der Waals surface area contributed by atoms with Crippen LogP contribution < -0.4 is 29.6 Å². The minimum Gasteiger partial charge on any atom is -0.696 e. The summed E-state index contributed by atoms with van der Waals surface area (Å²) in [4.78, 5) is 0. The fourth-order valence-corrected chi connectivity index (χ4v) is 0. The van der Waals surface area contributed by atoms with E-state index in [2.05, 4.69) is 25.3 Å². The molecule has 0 aromatic heterocycles. The van der Waals surface area contributed by atoms with Crippen molar-refractivity contribution >= 4 is 25.3 Å². The summed E-state index contributed by atoms with van der Waals surface area (Å²) < 4.78 is 0. The number of hydrogen-bond acceptors (Lipinski definition) is 4. The van der Waals surface area contributed by atoms with Crippen LogP contribution in [0.3, 0.4) is 0 Å². The molecule has 2 nitrogen and oxygen atoms in total. The van der Waals surface area contributed by atoms with E-state index in [1.54, 1.807) is 0 Å². The SMILES string of the molecule is N#C[S-].N#C[S-].[Au+].[Na+]. The molecular formula is C2AuN2NaS2. The molecular weight excluding hydrogens is 336 g/mol. The maximum Gasteiger partial charge on any atom is 1.00 e. The van der Waals surface area contributed by atoms with E-state index < -0.39 is 0 Å². The van der Waals surface area contributed by atoms with Gasteiger partial charge in [0.2, 0.25) is 0 Å². The van der Waals surface area contributed by atoms with Gasteiger partial charge in [-0.2, -0.15) is 0 Å². The van der Waals surface area contributed by atoms with Gasteiger partial charge in [-0.05, 0) is 0 Å². The predicted molar refractivity (Wildman–Crippen MR) is 26.0 cm³/mol. The monoisotopic (exact) mass is 336 g/mol. The van der Waals surface area contributed by atoms with Crippen LogP contribution in [0.2, 0.25) is 0 Å². The van der Waals surface area contributed by atoms with E-state index in [0.717, 1.165) is 0 Å². The van der Waals surface area contributed by atoms with Crippen molar-refractivity contribution in [1.29, 1.82) is 10.5 Å². The van der Waals surface area contributed by atoms with Gasteiger partial charge < -0.3 is 25.3 Å². The van der Waals surface area contributed by atoms with Crippen LogP contribution in [0, 0.1) is 21.3 Å². The molecule has 0 atom stereocenters. The first-order valence-electron chi connectivity index (χ1n) is 0.855. The molecule has 0 saturated heterocycles. The zero-order chi connectivity index (χ0) is 5.41. The van der Waals surface area contributed by atoms with Crippen LogP contribution in [0.4, 0.5) is 0 Å². The Kier molecular flexibility index (Phi) is 120. The molecule has 0 aliphatic rings. The Balaban J connectivity index is -0.0000000160. The molecule has 0 rings (SSSR count). The summed E-state index contributed by atoms with van der Waals surface area (Å²) >= 11 is 7.40. The van der Waals surface area contributed by atoms with Crippen LogP contribution in [-0.2, 0) is 47.6 Å². The van der Waals surface area contributed by atoms with Gasteiger partial charge in [-0.15, -0.1) is 0 Å². The van der Waals surface area contributed by atoms with Crippen LogP contribution >= 0.6 is 0 Å². The van der Waals surface area contributed by atoms with Gasteiger partial charge in [-0.25, -0.2) is 10.5 Å². The molecule has 8 heavy (non-hydrogen) atoms. The second kappa shape index (κ2) is 41.9. The van der Waals surface area contributed by atoms with Gasteiger partial charge in [0.1, 0.15) is 0 Å². The molecule has 0 radical (unpaired) electrons. The summed E-state index contributed by atoms with van der Waals surface area (Å²) in [5.41, 5.74) is 0. The largest absolute Gasteiger partial charge is 1.00 e. The first-order valence-corrected chi connectivity index (χ1v) is 1.67. The summed E-state index contributed by atoms with van der Waals surface area (Å²) in [6.07, 6.45) is 0. The van der Waals surface area contributed by atoms with Crippen molar-refractivity contribution in [1.82, 2.24) is 0 Å². The molecule has 0 N–H and O–H groups in total. The fraction of sp³-hybridized carbons (Fsp3) is 0. The number of thiocyanates is 2. The van der Waals surface area contributed by atoms with Crippen LogP contribution in [0.5, 0.6) is 0 Å². The molecule has 0 heterocycles. The third-order valence-electron chi connectivity index (χ3n) is 0. The molecule has 0 aliphatic carbocycles. The second-order valence-corrected chi connectivity index (χ2v) is 0.548. The molecule has 0 fully saturated rings.